The standard InChI is InChI=1S/C18H24O/c1-4-5-6-11-18-12-10-17(19)13-16(18)9-7-8-14(2)15(18)3/h4-6,13-14H,1,3,7-12H2,2H3. The Morgan fingerprint density at radius 3 is 3.00 bits per heavy atom. The molecule has 2 atom stereocenters. The molecule has 0 heterocycles. The zero-order valence-electron chi connectivity index (χ0n) is 12.0. The largest absolute Gasteiger partial charge is 0.295 e. The zero-order valence-corrected chi connectivity index (χ0v) is 12.0. The van der Waals surface area contributed by atoms with Gasteiger partial charge in [0.2, 0.25) is 0 Å². The smallest absolute Gasteiger partial charge is 0.155 e. The van der Waals surface area contributed by atoms with E-state index in [1.165, 1.54) is 24.0 Å². The van der Waals surface area contributed by atoms with Gasteiger partial charge < -0.3 is 0 Å². The van der Waals surface area contributed by atoms with Crippen molar-refractivity contribution in [1.29, 1.82) is 0 Å². The van der Waals surface area contributed by atoms with Crippen LogP contribution in [0.5, 0.6) is 0 Å². The molecule has 0 amide bonds. The van der Waals surface area contributed by atoms with E-state index in [4.69, 9.17) is 0 Å². The number of ketones is 1. The Kier molecular flexibility index (Phi) is 4.24. The quantitative estimate of drug-likeness (QED) is 0.525. The molecule has 0 aromatic rings. The van der Waals surface area contributed by atoms with Crippen molar-refractivity contribution in [3.8, 4) is 0 Å². The van der Waals surface area contributed by atoms with E-state index in [9.17, 15) is 4.79 Å². The second-order valence-corrected chi connectivity index (χ2v) is 5.90. The van der Waals surface area contributed by atoms with Crippen LogP contribution in [0.2, 0.25) is 0 Å². The van der Waals surface area contributed by atoms with Gasteiger partial charge in [-0.2, -0.15) is 0 Å². The Bertz CT molecular complexity index is 452. The summed E-state index contributed by atoms with van der Waals surface area (Å²) in [6, 6.07) is 0. The number of carbonyl (C=O) groups excluding carboxylic acids is 1. The summed E-state index contributed by atoms with van der Waals surface area (Å²) >= 11 is 0. The summed E-state index contributed by atoms with van der Waals surface area (Å²) in [5.41, 5.74) is 2.69. The van der Waals surface area contributed by atoms with E-state index in [1.54, 1.807) is 0 Å². The van der Waals surface area contributed by atoms with Crippen LogP contribution in [0.1, 0.15) is 45.4 Å². The molecule has 0 spiro atoms. The molecule has 0 radical (unpaired) electrons. The minimum atomic E-state index is 0.0311. The van der Waals surface area contributed by atoms with Crippen LogP contribution >= 0.6 is 0 Å². The minimum absolute atomic E-state index is 0.0311. The van der Waals surface area contributed by atoms with Gasteiger partial charge in [0.05, 0.1) is 0 Å². The molecule has 0 bridgehead atoms. The third-order valence-corrected chi connectivity index (χ3v) is 4.78. The third-order valence-electron chi connectivity index (χ3n) is 4.78. The molecular formula is C18H24O. The average Bonchev–Trinajstić information content (AvgIpc) is 2.51. The van der Waals surface area contributed by atoms with E-state index >= 15 is 0 Å². The number of fused-ring (bicyclic) bond motifs is 1. The van der Waals surface area contributed by atoms with Crippen molar-refractivity contribution in [2.45, 2.75) is 45.4 Å². The highest BCUT2D eigenvalue weighted by Crippen LogP contribution is 2.52. The lowest BCUT2D eigenvalue weighted by Gasteiger charge is -2.40. The van der Waals surface area contributed by atoms with Crippen LogP contribution in [0.4, 0.5) is 0 Å². The number of hydrogen-bond donors (Lipinski definition) is 0. The molecule has 0 saturated heterocycles. The lowest BCUT2D eigenvalue weighted by molar-refractivity contribution is -0.115. The maximum absolute atomic E-state index is 11.8. The molecule has 19 heavy (non-hydrogen) atoms. The number of carbonyl (C=O) groups is 1. The van der Waals surface area contributed by atoms with E-state index in [0.717, 1.165) is 19.3 Å². The van der Waals surface area contributed by atoms with Gasteiger partial charge >= 0.3 is 0 Å². The molecule has 0 aliphatic heterocycles. The van der Waals surface area contributed by atoms with Gasteiger partial charge in [-0.3, -0.25) is 4.79 Å². The molecule has 1 fully saturated rings. The van der Waals surface area contributed by atoms with E-state index in [2.05, 4.69) is 26.2 Å². The summed E-state index contributed by atoms with van der Waals surface area (Å²) in [7, 11) is 0. The lowest BCUT2D eigenvalue weighted by atomic mass is 9.63. The molecule has 1 nitrogen and oxygen atoms in total. The predicted molar refractivity (Wildman–Crippen MR) is 80.9 cm³/mol. The monoisotopic (exact) mass is 256 g/mol. The Morgan fingerprint density at radius 2 is 2.26 bits per heavy atom. The Morgan fingerprint density at radius 1 is 1.47 bits per heavy atom. The normalized spacial score (nSPS) is 31.8. The Labute approximate surface area is 116 Å². The summed E-state index contributed by atoms with van der Waals surface area (Å²) in [5, 5.41) is 0. The molecule has 2 aliphatic rings. The predicted octanol–water partition coefficient (Wildman–Crippen LogP) is 4.77. The van der Waals surface area contributed by atoms with Gasteiger partial charge in [0.25, 0.3) is 0 Å². The van der Waals surface area contributed by atoms with Crippen molar-refractivity contribution in [1.82, 2.24) is 0 Å². The average molecular weight is 256 g/mol. The number of allylic oxidation sites excluding steroid dienone is 6. The summed E-state index contributed by atoms with van der Waals surface area (Å²) < 4.78 is 0. The van der Waals surface area contributed by atoms with Gasteiger partial charge in [-0.05, 0) is 44.1 Å². The molecule has 1 heteroatoms. The van der Waals surface area contributed by atoms with Crippen molar-refractivity contribution in [2.75, 3.05) is 0 Å². The lowest BCUT2D eigenvalue weighted by Crippen LogP contribution is -2.31. The maximum Gasteiger partial charge on any atom is 0.155 e. The van der Waals surface area contributed by atoms with Crippen molar-refractivity contribution in [2.24, 2.45) is 11.3 Å². The molecule has 2 unspecified atom stereocenters. The topological polar surface area (TPSA) is 17.1 Å². The molecular weight excluding hydrogens is 232 g/mol. The molecule has 102 valence electrons. The van der Waals surface area contributed by atoms with E-state index < -0.39 is 0 Å². The fraction of sp³-hybridized carbons (Fsp3) is 0.500. The van der Waals surface area contributed by atoms with Crippen LogP contribution < -0.4 is 0 Å². The van der Waals surface area contributed by atoms with Crippen LogP contribution in [0, 0.1) is 11.3 Å². The van der Waals surface area contributed by atoms with Crippen LogP contribution in [0.25, 0.3) is 0 Å². The van der Waals surface area contributed by atoms with Crippen molar-refractivity contribution in [3.63, 3.8) is 0 Å². The summed E-state index contributed by atoms with van der Waals surface area (Å²) in [5.74, 6) is 0.844. The van der Waals surface area contributed by atoms with Gasteiger partial charge in [0.15, 0.2) is 5.78 Å². The SMILES string of the molecule is C=CC=CCC12CCC(=O)C=C1CCCC(C)C2=C. The first-order valence-electron chi connectivity index (χ1n) is 7.31. The number of rotatable bonds is 3. The third kappa shape index (κ3) is 2.65. The first-order chi connectivity index (χ1) is 9.10. The number of hydrogen-bond acceptors (Lipinski definition) is 1. The van der Waals surface area contributed by atoms with Crippen LogP contribution in [0.3, 0.4) is 0 Å². The maximum atomic E-state index is 11.8. The second-order valence-electron chi connectivity index (χ2n) is 5.90. The van der Waals surface area contributed by atoms with E-state index in [0.29, 0.717) is 18.1 Å². The van der Waals surface area contributed by atoms with Gasteiger partial charge in [-0.25, -0.2) is 0 Å². The molecule has 2 rings (SSSR count). The summed E-state index contributed by atoms with van der Waals surface area (Å²) in [6.45, 7) is 10.4. The molecule has 0 aromatic heterocycles. The summed E-state index contributed by atoms with van der Waals surface area (Å²) in [6.07, 6.45) is 13.9. The van der Waals surface area contributed by atoms with Crippen LogP contribution in [-0.2, 0) is 4.79 Å². The zero-order chi connectivity index (χ0) is 13.9. The highest BCUT2D eigenvalue weighted by molar-refractivity contribution is 5.92. The van der Waals surface area contributed by atoms with Crippen molar-refractivity contribution >= 4 is 5.78 Å². The van der Waals surface area contributed by atoms with Crippen LogP contribution in [-0.4, -0.2) is 5.78 Å². The second kappa shape index (κ2) is 5.73. The molecule has 1 saturated carbocycles. The van der Waals surface area contributed by atoms with Gasteiger partial charge in [0, 0.05) is 11.8 Å². The van der Waals surface area contributed by atoms with Crippen molar-refractivity contribution < 1.29 is 4.79 Å². The summed E-state index contributed by atoms with van der Waals surface area (Å²) in [4.78, 5) is 11.8. The molecule has 2 aliphatic carbocycles. The van der Waals surface area contributed by atoms with Gasteiger partial charge in [-0.1, -0.05) is 49.5 Å². The fourth-order valence-electron chi connectivity index (χ4n) is 3.55. The first kappa shape index (κ1) is 14.0. The van der Waals surface area contributed by atoms with E-state index in [1.807, 2.05) is 18.2 Å². The first-order valence-corrected chi connectivity index (χ1v) is 7.31. The fourth-order valence-corrected chi connectivity index (χ4v) is 3.55. The Hall–Kier alpha value is -1.37. The minimum Gasteiger partial charge on any atom is -0.295 e. The highest BCUT2D eigenvalue weighted by atomic mass is 16.1. The van der Waals surface area contributed by atoms with Crippen molar-refractivity contribution in [3.05, 3.63) is 48.6 Å². The molecule has 0 N–H and O–H groups in total. The van der Waals surface area contributed by atoms with Gasteiger partial charge in [-0.15, -0.1) is 0 Å². The van der Waals surface area contributed by atoms with Gasteiger partial charge in [0.1, 0.15) is 0 Å². The molecule has 0 aromatic carbocycles. The van der Waals surface area contributed by atoms with E-state index in [-0.39, 0.29) is 5.41 Å². The van der Waals surface area contributed by atoms with Crippen LogP contribution in [0.15, 0.2) is 48.6 Å². The Balaban J connectivity index is 2.41. The highest BCUT2D eigenvalue weighted by Gasteiger charge is 2.41.